The lowest BCUT2D eigenvalue weighted by Crippen LogP contribution is -2.33. The number of nitrogens with one attached hydrogen (secondary N) is 1. The molecule has 0 saturated heterocycles. The molecule has 1 N–H and O–H groups in total. The fourth-order valence-electron chi connectivity index (χ4n) is 2.65. The molecule has 1 aliphatic rings. The Morgan fingerprint density at radius 2 is 1.95 bits per heavy atom. The van der Waals surface area contributed by atoms with Crippen molar-refractivity contribution < 1.29 is 19.0 Å². The lowest BCUT2D eigenvalue weighted by molar-refractivity contribution is 0.0302. The summed E-state index contributed by atoms with van der Waals surface area (Å²) in [6.45, 7) is 7.92. The number of esters is 1. The topological polar surface area (TPSA) is 60.0 Å². The number of carbonyl (C=O) groups excluding carboxylic acids is 1. The number of likely N-dealkylation sites (N-methyl/N-ethyl adjacent to an activating group) is 1. The predicted octanol–water partition coefficient (Wildman–Crippen LogP) is 1.80. The molecule has 0 aliphatic carbocycles. The van der Waals surface area contributed by atoms with E-state index < -0.39 is 6.23 Å². The SMILES string of the molecule is CCN(CC)CCNC1OC(=O)c2c1ccc(OC)c2OC. The molecule has 1 aromatic carbocycles. The van der Waals surface area contributed by atoms with E-state index in [0.29, 0.717) is 17.1 Å². The van der Waals surface area contributed by atoms with Crippen LogP contribution in [-0.4, -0.2) is 51.3 Å². The molecule has 0 bridgehead atoms. The number of hydrogen-bond acceptors (Lipinski definition) is 6. The first-order chi connectivity index (χ1) is 10.7. The van der Waals surface area contributed by atoms with Gasteiger partial charge in [0.1, 0.15) is 5.56 Å². The van der Waals surface area contributed by atoms with Gasteiger partial charge in [0, 0.05) is 18.7 Å². The number of cyclic esters (lactones) is 1. The Hall–Kier alpha value is -1.79. The third-order valence-electron chi connectivity index (χ3n) is 3.94. The Labute approximate surface area is 131 Å². The van der Waals surface area contributed by atoms with Crippen molar-refractivity contribution in [2.45, 2.75) is 20.1 Å². The summed E-state index contributed by atoms with van der Waals surface area (Å²) in [6, 6.07) is 3.63. The number of nitrogens with zero attached hydrogens (tertiary/aromatic N) is 1. The zero-order chi connectivity index (χ0) is 16.1. The number of fused-ring (bicyclic) bond motifs is 1. The van der Waals surface area contributed by atoms with Gasteiger partial charge < -0.3 is 19.1 Å². The molecule has 1 aliphatic heterocycles. The lowest BCUT2D eigenvalue weighted by atomic mass is 10.1. The molecule has 2 rings (SSSR count). The van der Waals surface area contributed by atoms with Gasteiger partial charge in [-0.05, 0) is 25.2 Å². The van der Waals surface area contributed by atoms with Crippen molar-refractivity contribution in [3.05, 3.63) is 23.3 Å². The van der Waals surface area contributed by atoms with Crippen LogP contribution in [0.3, 0.4) is 0 Å². The summed E-state index contributed by atoms with van der Waals surface area (Å²) in [5.74, 6) is 0.575. The van der Waals surface area contributed by atoms with E-state index in [1.54, 1.807) is 13.2 Å². The number of hydrogen-bond donors (Lipinski definition) is 1. The molecule has 0 fully saturated rings. The molecule has 122 valence electrons. The second kappa shape index (κ2) is 7.47. The van der Waals surface area contributed by atoms with Crippen molar-refractivity contribution >= 4 is 5.97 Å². The van der Waals surface area contributed by atoms with Crippen LogP contribution in [0, 0.1) is 0 Å². The molecule has 1 aromatic rings. The molecule has 0 amide bonds. The fraction of sp³-hybridized carbons (Fsp3) is 0.562. The third kappa shape index (κ3) is 3.18. The van der Waals surface area contributed by atoms with Gasteiger partial charge in [0.05, 0.1) is 14.2 Å². The number of rotatable bonds is 8. The number of benzene rings is 1. The minimum absolute atomic E-state index is 0.383. The van der Waals surface area contributed by atoms with E-state index in [1.807, 2.05) is 6.07 Å². The summed E-state index contributed by atoms with van der Waals surface area (Å²) in [6.07, 6.45) is -0.433. The van der Waals surface area contributed by atoms with E-state index in [1.165, 1.54) is 7.11 Å². The van der Waals surface area contributed by atoms with Crippen molar-refractivity contribution in [3.63, 3.8) is 0 Å². The molecule has 22 heavy (non-hydrogen) atoms. The molecule has 1 unspecified atom stereocenters. The van der Waals surface area contributed by atoms with Crippen molar-refractivity contribution in [1.29, 1.82) is 0 Å². The molecule has 6 heteroatoms. The average molecular weight is 308 g/mol. The first-order valence-corrected chi connectivity index (χ1v) is 7.57. The van der Waals surface area contributed by atoms with Crippen molar-refractivity contribution in [3.8, 4) is 11.5 Å². The molecule has 0 radical (unpaired) electrons. The summed E-state index contributed by atoms with van der Waals surface area (Å²) >= 11 is 0. The molecular weight excluding hydrogens is 284 g/mol. The predicted molar refractivity (Wildman–Crippen MR) is 83.5 cm³/mol. The summed E-state index contributed by atoms with van der Waals surface area (Å²) in [7, 11) is 3.07. The van der Waals surface area contributed by atoms with E-state index >= 15 is 0 Å². The third-order valence-corrected chi connectivity index (χ3v) is 3.94. The van der Waals surface area contributed by atoms with E-state index in [2.05, 4.69) is 24.1 Å². The highest BCUT2D eigenvalue weighted by molar-refractivity contribution is 5.98. The van der Waals surface area contributed by atoms with Crippen LogP contribution in [-0.2, 0) is 4.74 Å². The Morgan fingerprint density at radius 1 is 1.23 bits per heavy atom. The molecular formula is C16H24N2O4. The summed E-state index contributed by atoms with van der Waals surface area (Å²) in [5, 5.41) is 3.28. The van der Waals surface area contributed by atoms with Gasteiger partial charge in [0.2, 0.25) is 0 Å². The Morgan fingerprint density at radius 3 is 2.55 bits per heavy atom. The van der Waals surface area contributed by atoms with Gasteiger partial charge in [-0.2, -0.15) is 0 Å². The highest BCUT2D eigenvalue weighted by atomic mass is 16.6. The Bertz CT molecular complexity index is 529. The number of ether oxygens (including phenoxy) is 3. The van der Waals surface area contributed by atoms with E-state index in [9.17, 15) is 4.79 Å². The Balaban J connectivity index is 2.12. The van der Waals surface area contributed by atoms with Gasteiger partial charge in [0.15, 0.2) is 17.7 Å². The normalized spacial score (nSPS) is 16.6. The first kappa shape index (κ1) is 16.6. The highest BCUT2D eigenvalue weighted by Crippen LogP contribution is 2.40. The maximum Gasteiger partial charge on any atom is 0.344 e. The number of carbonyl (C=O) groups is 1. The van der Waals surface area contributed by atoms with E-state index in [0.717, 1.165) is 31.7 Å². The summed E-state index contributed by atoms with van der Waals surface area (Å²) in [5.41, 5.74) is 1.24. The van der Waals surface area contributed by atoms with Crippen LogP contribution < -0.4 is 14.8 Å². The van der Waals surface area contributed by atoms with Crippen molar-refractivity contribution in [2.75, 3.05) is 40.4 Å². The van der Waals surface area contributed by atoms with Crippen LogP contribution in [0.1, 0.15) is 36.0 Å². The zero-order valence-corrected chi connectivity index (χ0v) is 13.6. The monoisotopic (exact) mass is 308 g/mol. The zero-order valence-electron chi connectivity index (χ0n) is 13.6. The van der Waals surface area contributed by atoms with Crippen molar-refractivity contribution in [1.82, 2.24) is 10.2 Å². The van der Waals surface area contributed by atoms with E-state index in [-0.39, 0.29) is 5.97 Å². The van der Waals surface area contributed by atoms with Gasteiger partial charge in [-0.25, -0.2) is 4.79 Å². The maximum absolute atomic E-state index is 12.1. The molecule has 6 nitrogen and oxygen atoms in total. The molecule has 0 saturated carbocycles. The second-order valence-electron chi connectivity index (χ2n) is 5.03. The van der Waals surface area contributed by atoms with Gasteiger partial charge in [0.25, 0.3) is 0 Å². The number of methoxy groups -OCH3 is 2. The van der Waals surface area contributed by atoms with Crippen LogP contribution in [0.15, 0.2) is 12.1 Å². The lowest BCUT2D eigenvalue weighted by Gasteiger charge is -2.20. The second-order valence-corrected chi connectivity index (χ2v) is 5.03. The Kier molecular flexibility index (Phi) is 5.63. The quantitative estimate of drug-likeness (QED) is 0.739. The highest BCUT2D eigenvalue weighted by Gasteiger charge is 2.35. The standard InChI is InChI=1S/C16H24N2O4/c1-5-18(6-2)10-9-17-15-11-7-8-12(20-3)14(21-4)13(11)16(19)22-15/h7-8,15,17H,5-6,9-10H2,1-4H3. The smallest absolute Gasteiger partial charge is 0.344 e. The van der Waals surface area contributed by atoms with Crippen LogP contribution in [0.2, 0.25) is 0 Å². The van der Waals surface area contributed by atoms with Gasteiger partial charge >= 0.3 is 5.97 Å². The van der Waals surface area contributed by atoms with Crippen LogP contribution in [0.4, 0.5) is 0 Å². The molecule has 1 heterocycles. The fourth-order valence-corrected chi connectivity index (χ4v) is 2.65. The van der Waals surface area contributed by atoms with Gasteiger partial charge in [-0.3, -0.25) is 5.32 Å². The molecule has 1 atom stereocenters. The molecule has 0 spiro atoms. The summed E-state index contributed by atoms with van der Waals surface area (Å²) in [4.78, 5) is 14.4. The van der Waals surface area contributed by atoms with Crippen molar-refractivity contribution in [2.24, 2.45) is 0 Å². The largest absolute Gasteiger partial charge is 0.493 e. The molecule has 0 aromatic heterocycles. The van der Waals surface area contributed by atoms with Crippen LogP contribution in [0.5, 0.6) is 11.5 Å². The van der Waals surface area contributed by atoms with Crippen LogP contribution >= 0.6 is 0 Å². The van der Waals surface area contributed by atoms with Gasteiger partial charge in [-0.15, -0.1) is 0 Å². The maximum atomic E-state index is 12.1. The average Bonchev–Trinajstić information content (AvgIpc) is 2.87. The summed E-state index contributed by atoms with van der Waals surface area (Å²) < 4.78 is 16.0. The van der Waals surface area contributed by atoms with Crippen LogP contribution in [0.25, 0.3) is 0 Å². The minimum atomic E-state index is -0.433. The van der Waals surface area contributed by atoms with Gasteiger partial charge in [-0.1, -0.05) is 13.8 Å². The first-order valence-electron chi connectivity index (χ1n) is 7.57. The minimum Gasteiger partial charge on any atom is -0.493 e. The van der Waals surface area contributed by atoms with E-state index in [4.69, 9.17) is 14.2 Å².